The molecule has 8 heteroatoms. The molecule has 2 aliphatic rings. The third-order valence-corrected chi connectivity index (χ3v) is 4.06. The van der Waals surface area contributed by atoms with E-state index < -0.39 is 0 Å². The SMILES string of the molecule is O=C(NCc1nnnn1C1CC1)N1Cc2cccc(F)c2C1. The van der Waals surface area contributed by atoms with Gasteiger partial charge in [-0.15, -0.1) is 5.10 Å². The third kappa shape index (κ3) is 2.30. The van der Waals surface area contributed by atoms with Crippen LogP contribution in [0.1, 0.15) is 35.8 Å². The zero-order chi connectivity index (χ0) is 15.1. The summed E-state index contributed by atoms with van der Waals surface area (Å²) < 4.78 is 15.5. The normalized spacial score (nSPS) is 16.7. The summed E-state index contributed by atoms with van der Waals surface area (Å²) in [7, 11) is 0. The van der Waals surface area contributed by atoms with E-state index in [2.05, 4.69) is 20.8 Å². The lowest BCUT2D eigenvalue weighted by Gasteiger charge is -2.16. The second-order valence-electron chi connectivity index (χ2n) is 5.66. The Balaban J connectivity index is 1.39. The third-order valence-electron chi connectivity index (χ3n) is 4.06. The number of halogens is 1. The monoisotopic (exact) mass is 302 g/mol. The van der Waals surface area contributed by atoms with E-state index in [0.717, 1.165) is 18.4 Å². The Hall–Kier alpha value is -2.51. The molecule has 1 aliphatic heterocycles. The van der Waals surface area contributed by atoms with Gasteiger partial charge in [-0.25, -0.2) is 13.9 Å². The molecule has 1 aromatic heterocycles. The molecule has 0 radical (unpaired) electrons. The lowest BCUT2D eigenvalue weighted by Crippen LogP contribution is -2.36. The lowest BCUT2D eigenvalue weighted by molar-refractivity contribution is 0.197. The van der Waals surface area contributed by atoms with E-state index >= 15 is 0 Å². The summed E-state index contributed by atoms with van der Waals surface area (Å²) in [6, 6.07) is 5.07. The predicted octanol–water partition coefficient (Wildman–Crippen LogP) is 1.37. The van der Waals surface area contributed by atoms with Crippen molar-refractivity contribution in [2.75, 3.05) is 0 Å². The molecule has 1 N–H and O–H groups in total. The highest BCUT2D eigenvalue weighted by molar-refractivity contribution is 5.75. The van der Waals surface area contributed by atoms with Gasteiger partial charge in [0.05, 0.1) is 19.1 Å². The Morgan fingerprint density at radius 1 is 1.36 bits per heavy atom. The number of aromatic nitrogens is 4. The molecule has 1 fully saturated rings. The summed E-state index contributed by atoms with van der Waals surface area (Å²) in [4.78, 5) is 13.8. The largest absolute Gasteiger partial charge is 0.331 e. The number of amides is 2. The van der Waals surface area contributed by atoms with Gasteiger partial charge in [0.15, 0.2) is 5.82 Å². The Morgan fingerprint density at radius 2 is 2.23 bits per heavy atom. The number of nitrogens with one attached hydrogen (secondary N) is 1. The number of nitrogens with zero attached hydrogens (tertiary/aromatic N) is 5. The van der Waals surface area contributed by atoms with Crippen LogP contribution in [0.15, 0.2) is 18.2 Å². The molecule has 2 aromatic rings. The van der Waals surface area contributed by atoms with Gasteiger partial charge in [0.1, 0.15) is 5.82 Å². The van der Waals surface area contributed by atoms with Crippen molar-refractivity contribution in [1.29, 1.82) is 0 Å². The molecule has 1 saturated carbocycles. The number of rotatable bonds is 3. The second-order valence-corrected chi connectivity index (χ2v) is 5.66. The van der Waals surface area contributed by atoms with E-state index in [1.807, 2.05) is 6.07 Å². The molecule has 7 nitrogen and oxygen atoms in total. The number of fused-ring (bicyclic) bond motifs is 1. The first-order valence-corrected chi connectivity index (χ1v) is 7.28. The zero-order valence-corrected chi connectivity index (χ0v) is 11.9. The number of urea groups is 1. The highest BCUT2D eigenvalue weighted by atomic mass is 19.1. The van der Waals surface area contributed by atoms with Gasteiger partial charge < -0.3 is 10.2 Å². The number of tetrazole rings is 1. The summed E-state index contributed by atoms with van der Waals surface area (Å²) >= 11 is 0. The number of carbonyl (C=O) groups is 1. The summed E-state index contributed by atoms with van der Waals surface area (Å²) in [6.45, 7) is 0.992. The quantitative estimate of drug-likeness (QED) is 0.929. The number of carbonyl (C=O) groups excluding carboxylic acids is 1. The number of benzene rings is 1. The van der Waals surface area contributed by atoms with Crippen molar-refractivity contribution in [2.24, 2.45) is 0 Å². The maximum absolute atomic E-state index is 13.7. The lowest BCUT2D eigenvalue weighted by atomic mass is 10.1. The minimum absolute atomic E-state index is 0.235. The van der Waals surface area contributed by atoms with Crippen LogP contribution in [0.3, 0.4) is 0 Å². The molecule has 2 amide bonds. The summed E-state index contributed by atoms with van der Waals surface area (Å²) in [6.07, 6.45) is 2.15. The van der Waals surface area contributed by atoms with Crippen LogP contribution in [0, 0.1) is 5.82 Å². The van der Waals surface area contributed by atoms with E-state index in [4.69, 9.17) is 0 Å². The zero-order valence-electron chi connectivity index (χ0n) is 11.9. The average molecular weight is 302 g/mol. The van der Waals surface area contributed by atoms with Gasteiger partial charge in [0.25, 0.3) is 0 Å². The maximum Gasteiger partial charge on any atom is 0.318 e. The van der Waals surface area contributed by atoms with Crippen molar-refractivity contribution in [2.45, 2.75) is 38.5 Å². The average Bonchev–Trinajstić information content (AvgIpc) is 3.09. The van der Waals surface area contributed by atoms with Gasteiger partial charge in [-0.2, -0.15) is 0 Å². The molecule has 4 rings (SSSR count). The van der Waals surface area contributed by atoms with Crippen molar-refractivity contribution in [3.63, 3.8) is 0 Å². The molecular weight excluding hydrogens is 287 g/mol. The second kappa shape index (κ2) is 5.04. The van der Waals surface area contributed by atoms with E-state index in [9.17, 15) is 9.18 Å². The molecule has 0 bridgehead atoms. The fourth-order valence-corrected chi connectivity index (χ4v) is 2.72. The summed E-state index contributed by atoms with van der Waals surface area (Å²) in [5, 5.41) is 14.3. The van der Waals surface area contributed by atoms with Crippen LogP contribution in [-0.4, -0.2) is 31.1 Å². The molecule has 2 heterocycles. The van der Waals surface area contributed by atoms with Gasteiger partial charge in [-0.1, -0.05) is 12.1 Å². The Kier molecular flexibility index (Phi) is 3.02. The van der Waals surface area contributed by atoms with Crippen LogP contribution in [0.2, 0.25) is 0 Å². The van der Waals surface area contributed by atoms with Gasteiger partial charge in [0, 0.05) is 12.1 Å². The predicted molar refractivity (Wildman–Crippen MR) is 74.0 cm³/mol. The van der Waals surface area contributed by atoms with Crippen LogP contribution in [0.5, 0.6) is 0 Å². The van der Waals surface area contributed by atoms with Gasteiger partial charge in [-0.05, 0) is 34.9 Å². The summed E-state index contributed by atoms with van der Waals surface area (Å²) in [5.74, 6) is 0.393. The highest BCUT2D eigenvalue weighted by Crippen LogP contribution is 2.34. The first-order valence-electron chi connectivity index (χ1n) is 7.28. The van der Waals surface area contributed by atoms with E-state index in [0.29, 0.717) is 30.5 Å². The van der Waals surface area contributed by atoms with Crippen LogP contribution < -0.4 is 5.32 Å². The topological polar surface area (TPSA) is 75.9 Å². The Labute approximate surface area is 126 Å². The maximum atomic E-state index is 13.7. The molecule has 0 saturated heterocycles. The smallest absolute Gasteiger partial charge is 0.318 e. The van der Waals surface area contributed by atoms with Gasteiger partial charge >= 0.3 is 6.03 Å². The van der Waals surface area contributed by atoms with Crippen molar-refractivity contribution in [3.05, 3.63) is 41.0 Å². The first-order chi connectivity index (χ1) is 10.7. The van der Waals surface area contributed by atoms with Crippen molar-refractivity contribution < 1.29 is 9.18 Å². The Morgan fingerprint density at radius 3 is 3.00 bits per heavy atom. The fourth-order valence-electron chi connectivity index (χ4n) is 2.72. The number of hydrogen-bond acceptors (Lipinski definition) is 4. The molecule has 0 atom stereocenters. The van der Waals surface area contributed by atoms with E-state index in [-0.39, 0.29) is 18.4 Å². The highest BCUT2D eigenvalue weighted by Gasteiger charge is 2.29. The van der Waals surface area contributed by atoms with Gasteiger partial charge in [-0.3, -0.25) is 0 Å². The van der Waals surface area contributed by atoms with Crippen molar-refractivity contribution >= 4 is 6.03 Å². The minimum Gasteiger partial charge on any atom is -0.331 e. The Bertz CT molecular complexity index is 726. The van der Waals surface area contributed by atoms with Crippen LogP contribution in [0.4, 0.5) is 9.18 Å². The van der Waals surface area contributed by atoms with Crippen LogP contribution >= 0.6 is 0 Å². The molecule has 22 heavy (non-hydrogen) atoms. The number of hydrogen-bond donors (Lipinski definition) is 1. The van der Waals surface area contributed by atoms with Crippen LogP contribution in [-0.2, 0) is 19.6 Å². The van der Waals surface area contributed by atoms with Crippen LogP contribution in [0.25, 0.3) is 0 Å². The standard InChI is InChI=1S/C14H15FN6O/c15-12-3-1-2-9-7-20(8-11(9)12)14(22)16-6-13-17-18-19-21(13)10-4-5-10/h1-3,10H,4-8H2,(H,16,22). The van der Waals surface area contributed by atoms with Crippen molar-refractivity contribution in [1.82, 2.24) is 30.4 Å². The molecule has 1 aliphatic carbocycles. The minimum atomic E-state index is -0.259. The first kappa shape index (κ1) is 13.2. The van der Waals surface area contributed by atoms with Crippen molar-refractivity contribution in [3.8, 4) is 0 Å². The fraction of sp³-hybridized carbons (Fsp3) is 0.429. The van der Waals surface area contributed by atoms with E-state index in [1.165, 1.54) is 6.07 Å². The molecular formula is C14H15FN6O. The van der Waals surface area contributed by atoms with E-state index in [1.54, 1.807) is 15.6 Å². The molecule has 0 spiro atoms. The van der Waals surface area contributed by atoms with Gasteiger partial charge in [0.2, 0.25) is 0 Å². The summed E-state index contributed by atoms with van der Waals surface area (Å²) in [5.41, 5.74) is 1.46. The molecule has 114 valence electrons. The molecule has 1 aromatic carbocycles. The molecule has 0 unspecified atom stereocenters.